The lowest BCUT2D eigenvalue weighted by molar-refractivity contribution is -0.431. The van der Waals surface area contributed by atoms with Gasteiger partial charge < -0.3 is 0 Å². The maximum absolute atomic E-state index is 10.7. The van der Waals surface area contributed by atoms with Crippen LogP contribution in [0.2, 0.25) is 4.34 Å². The van der Waals surface area contributed by atoms with Crippen LogP contribution >= 0.6 is 22.9 Å². The summed E-state index contributed by atoms with van der Waals surface area (Å²) in [6, 6.07) is 3.51. The van der Waals surface area contributed by atoms with Crippen LogP contribution in [-0.2, 0) is 0 Å². The maximum atomic E-state index is 10.7. The Morgan fingerprint density at radius 3 is 2.64 bits per heavy atom. The van der Waals surface area contributed by atoms with Gasteiger partial charge in [-0.25, -0.2) is 0 Å². The van der Waals surface area contributed by atoms with Gasteiger partial charge in [0.25, 0.3) is 0 Å². The third-order valence-electron chi connectivity index (χ3n) is 1.69. The highest BCUT2D eigenvalue weighted by molar-refractivity contribution is 7.17. The van der Waals surface area contributed by atoms with Crippen molar-refractivity contribution in [1.82, 2.24) is 0 Å². The summed E-state index contributed by atoms with van der Waals surface area (Å²) in [7, 11) is 0. The molecule has 0 saturated carbocycles. The van der Waals surface area contributed by atoms with Gasteiger partial charge in [0.15, 0.2) is 0 Å². The largest absolute Gasteiger partial charge is 0.259 e. The molecule has 0 aromatic carbocycles. The molecule has 0 amide bonds. The number of halogens is 1. The van der Waals surface area contributed by atoms with Crippen LogP contribution in [0.3, 0.4) is 0 Å². The Hall–Kier alpha value is -0.870. The first kappa shape index (κ1) is 11.2. The van der Waals surface area contributed by atoms with Crippen molar-refractivity contribution in [3.05, 3.63) is 37.2 Å². The zero-order chi connectivity index (χ0) is 10.7. The molecule has 0 saturated heterocycles. The van der Waals surface area contributed by atoms with Gasteiger partial charge in [-0.15, -0.1) is 11.3 Å². The van der Waals surface area contributed by atoms with Crippen LogP contribution in [0.1, 0.15) is 18.7 Å². The van der Waals surface area contributed by atoms with Gasteiger partial charge >= 0.3 is 0 Å². The Morgan fingerprint density at radius 1 is 1.64 bits per heavy atom. The van der Waals surface area contributed by atoms with E-state index in [-0.39, 0.29) is 16.5 Å². The van der Waals surface area contributed by atoms with Crippen LogP contribution in [0.5, 0.6) is 0 Å². The lowest BCUT2D eigenvalue weighted by Crippen LogP contribution is -2.04. The molecule has 0 fully saturated rings. The number of rotatable bonds is 3. The van der Waals surface area contributed by atoms with E-state index in [1.807, 2.05) is 0 Å². The second-order valence-corrected chi connectivity index (χ2v) is 4.87. The minimum atomic E-state index is -0.349. The molecule has 0 aliphatic heterocycles. The SMILES string of the molecule is CC(C)/C(=C/c1ccc(Cl)s1)[N+](=O)[O-]. The molecular formula is C9H10ClNO2S. The van der Waals surface area contributed by atoms with Crippen LogP contribution in [-0.4, -0.2) is 4.92 Å². The standard InChI is InChI=1S/C9H10ClNO2S/c1-6(2)8(11(12)13)5-7-3-4-9(10)14-7/h3-6H,1-2H3/b8-5-. The van der Waals surface area contributed by atoms with Crippen molar-refractivity contribution >= 4 is 29.0 Å². The number of nitro groups is 1. The fraction of sp³-hybridized carbons (Fsp3) is 0.333. The average molecular weight is 232 g/mol. The van der Waals surface area contributed by atoms with Gasteiger partial charge in [0, 0.05) is 16.9 Å². The predicted octanol–water partition coefficient (Wildman–Crippen LogP) is 3.68. The molecule has 1 rings (SSSR count). The van der Waals surface area contributed by atoms with Crippen molar-refractivity contribution in [3.8, 4) is 0 Å². The summed E-state index contributed by atoms with van der Waals surface area (Å²) >= 11 is 7.06. The molecule has 14 heavy (non-hydrogen) atoms. The van der Waals surface area contributed by atoms with Gasteiger partial charge in [0.2, 0.25) is 5.70 Å². The molecule has 0 aliphatic rings. The van der Waals surface area contributed by atoms with Gasteiger partial charge in [0.1, 0.15) is 0 Å². The van der Waals surface area contributed by atoms with E-state index in [2.05, 4.69) is 0 Å². The molecule has 0 radical (unpaired) electrons. The molecular weight excluding hydrogens is 222 g/mol. The van der Waals surface area contributed by atoms with Crippen LogP contribution < -0.4 is 0 Å². The quantitative estimate of drug-likeness (QED) is 0.588. The maximum Gasteiger partial charge on any atom is 0.250 e. The fourth-order valence-electron chi connectivity index (χ4n) is 0.982. The zero-order valence-corrected chi connectivity index (χ0v) is 9.43. The lowest BCUT2D eigenvalue weighted by Gasteiger charge is -1.99. The fourth-order valence-corrected chi connectivity index (χ4v) is 1.99. The van der Waals surface area contributed by atoms with E-state index in [1.165, 1.54) is 11.3 Å². The Morgan fingerprint density at radius 2 is 2.29 bits per heavy atom. The Balaban J connectivity index is 2.99. The summed E-state index contributed by atoms with van der Waals surface area (Å²) in [5, 5.41) is 10.7. The molecule has 0 N–H and O–H groups in total. The molecule has 5 heteroatoms. The predicted molar refractivity (Wildman–Crippen MR) is 59.1 cm³/mol. The summed E-state index contributed by atoms with van der Waals surface area (Å²) in [4.78, 5) is 11.1. The smallest absolute Gasteiger partial charge is 0.250 e. The van der Waals surface area contributed by atoms with Crippen LogP contribution in [0, 0.1) is 16.0 Å². The minimum Gasteiger partial charge on any atom is -0.259 e. The van der Waals surface area contributed by atoms with E-state index >= 15 is 0 Å². The molecule has 0 atom stereocenters. The second kappa shape index (κ2) is 4.57. The highest BCUT2D eigenvalue weighted by Gasteiger charge is 2.15. The number of thiophene rings is 1. The minimum absolute atomic E-state index is 0.0918. The molecule has 1 aromatic heterocycles. The first-order valence-corrected chi connectivity index (χ1v) is 5.31. The number of nitrogens with zero attached hydrogens (tertiary/aromatic N) is 1. The molecule has 0 spiro atoms. The lowest BCUT2D eigenvalue weighted by atomic mass is 10.1. The van der Waals surface area contributed by atoms with Gasteiger partial charge in [0.05, 0.1) is 9.26 Å². The topological polar surface area (TPSA) is 43.1 Å². The highest BCUT2D eigenvalue weighted by Crippen LogP contribution is 2.25. The Labute approximate surface area is 91.2 Å². The summed E-state index contributed by atoms with van der Waals surface area (Å²) in [6.45, 7) is 3.59. The van der Waals surface area contributed by atoms with Gasteiger partial charge in [-0.1, -0.05) is 25.4 Å². The van der Waals surface area contributed by atoms with Gasteiger partial charge in [-0.05, 0) is 12.1 Å². The monoisotopic (exact) mass is 231 g/mol. The zero-order valence-electron chi connectivity index (χ0n) is 7.86. The van der Waals surface area contributed by atoms with Crippen molar-refractivity contribution in [2.45, 2.75) is 13.8 Å². The average Bonchev–Trinajstić information content (AvgIpc) is 2.46. The molecule has 0 aliphatic carbocycles. The van der Waals surface area contributed by atoms with Gasteiger partial charge in [-0.2, -0.15) is 0 Å². The van der Waals surface area contributed by atoms with Crippen LogP contribution in [0.15, 0.2) is 17.8 Å². The van der Waals surface area contributed by atoms with Crippen molar-refractivity contribution in [2.24, 2.45) is 5.92 Å². The highest BCUT2D eigenvalue weighted by atomic mass is 35.5. The van der Waals surface area contributed by atoms with Crippen molar-refractivity contribution in [1.29, 1.82) is 0 Å². The van der Waals surface area contributed by atoms with E-state index in [1.54, 1.807) is 32.1 Å². The van der Waals surface area contributed by atoms with Crippen LogP contribution in [0.25, 0.3) is 6.08 Å². The van der Waals surface area contributed by atoms with E-state index in [9.17, 15) is 10.1 Å². The van der Waals surface area contributed by atoms with E-state index in [0.29, 0.717) is 4.34 Å². The Bertz CT molecular complexity index is 371. The summed E-state index contributed by atoms with van der Waals surface area (Å²) in [5.74, 6) is -0.0918. The number of allylic oxidation sites excluding steroid dienone is 1. The molecule has 1 aromatic rings. The van der Waals surface area contributed by atoms with Crippen LogP contribution in [0.4, 0.5) is 0 Å². The summed E-state index contributed by atoms with van der Waals surface area (Å²) in [5.41, 5.74) is 0.212. The molecule has 0 bridgehead atoms. The normalized spacial score (nSPS) is 12.1. The van der Waals surface area contributed by atoms with Gasteiger partial charge in [-0.3, -0.25) is 10.1 Å². The van der Waals surface area contributed by atoms with Crippen molar-refractivity contribution in [2.75, 3.05) is 0 Å². The van der Waals surface area contributed by atoms with Crippen molar-refractivity contribution in [3.63, 3.8) is 0 Å². The third-order valence-corrected chi connectivity index (χ3v) is 2.86. The van der Waals surface area contributed by atoms with E-state index in [4.69, 9.17) is 11.6 Å². The molecule has 1 heterocycles. The number of hydrogen-bond donors (Lipinski definition) is 0. The molecule has 0 unspecified atom stereocenters. The van der Waals surface area contributed by atoms with E-state index in [0.717, 1.165) is 4.88 Å². The summed E-state index contributed by atoms with van der Waals surface area (Å²) in [6.07, 6.45) is 1.57. The van der Waals surface area contributed by atoms with Crippen molar-refractivity contribution < 1.29 is 4.92 Å². The molecule has 3 nitrogen and oxygen atoms in total. The Kier molecular flexibility index (Phi) is 3.66. The first-order valence-electron chi connectivity index (χ1n) is 4.12. The second-order valence-electron chi connectivity index (χ2n) is 3.12. The number of hydrogen-bond acceptors (Lipinski definition) is 3. The third kappa shape index (κ3) is 2.82. The summed E-state index contributed by atoms with van der Waals surface area (Å²) < 4.78 is 0.641. The van der Waals surface area contributed by atoms with E-state index < -0.39 is 0 Å². The molecule has 76 valence electrons. The first-order chi connectivity index (χ1) is 6.50.